The number of rotatable bonds is 4. The van der Waals surface area contributed by atoms with E-state index >= 15 is 0 Å². The minimum absolute atomic E-state index is 0.160. The Labute approximate surface area is 125 Å². The molecular formula is C20H18O. The number of aliphatic hydroxyl groups excluding tert-OH is 1. The summed E-state index contributed by atoms with van der Waals surface area (Å²) >= 11 is 0. The molecule has 0 saturated heterocycles. The second-order valence-corrected chi connectivity index (χ2v) is 4.65. The maximum absolute atomic E-state index is 10.1. The van der Waals surface area contributed by atoms with Gasteiger partial charge in [0.25, 0.3) is 0 Å². The van der Waals surface area contributed by atoms with Crippen molar-refractivity contribution >= 4 is 11.6 Å². The zero-order valence-electron chi connectivity index (χ0n) is 12.1. The quantitative estimate of drug-likeness (QED) is 0.449. The predicted molar refractivity (Wildman–Crippen MR) is 89.8 cm³/mol. The molecule has 0 atom stereocenters. The molecule has 0 radical (unpaired) electrons. The average Bonchev–Trinajstić information content (AvgIpc) is 2.55. The van der Waals surface area contributed by atoms with Gasteiger partial charge >= 0.3 is 0 Å². The normalized spacial score (nSPS) is 11.1. The fraction of sp³-hybridized carbons (Fsp3) is 0.0500. The highest BCUT2D eigenvalue weighted by molar-refractivity contribution is 5.81. The first-order valence-electron chi connectivity index (χ1n) is 6.82. The minimum atomic E-state index is 0.160. The second-order valence-electron chi connectivity index (χ2n) is 4.65. The number of aliphatic hydroxyl groups is 1. The molecule has 0 spiro atoms. The van der Waals surface area contributed by atoms with Crippen LogP contribution in [0.1, 0.15) is 18.1 Å². The zero-order chi connectivity index (χ0) is 15.1. The van der Waals surface area contributed by atoms with Crippen molar-refractivity contribution in [2.45, 2.75) is 6.92 Å². The largest absolute Gasteiger partial charge is 0.507 e. The van der Waals surface area contributed by atoms with Gasteiger partial charge in [-0.25, -0.2) is 0 Å². The third kappa shape index (κ3) is 3.85. The van der Waals surface area contributed by atoms with Gasteiger partial charge in [0.2, 0.25) is 0 Å². The first kappa shape index (κ1) is 14.6. The summed E-state index contributed by atoms with van der Waals surface area (Å²) in [6.07, 6.45) is 3.37. The lowest BCUT2D eigenvalue weighted by Crippen LogP contribution is -1.91. The Bertz CT molecular complexity index is 700. The van der Waals surface area contributed by atoms with E-state index in [4.69, 9.17) is 0 Å². The molecule has 1 N–H and O–H groups in total. The second kappa shape index (κ2) is 7.14. The van der Waals surface area contributed by atoms with Crippen LogP contribution in [0.5, 0.6) is 0 Å². The minimum Gasteiger partial charge on any atom is -0.507 e. The van der Waals surface area contributed by atoms with Crippen molar-refractivity contribution in [3.8, 4) is 0 Å². The van der Waals surface area contributed by atoms with Crippen LogP contribution in [0, 0.1) is 0 Å². The van der Waals surface area contributed by atoms with Crippen LogP contribution in [0.25, 0.3) is 11.6 Å². The molecule has 104 valence electrons. The molecule has 0 saturated carbocycles. The lowest BCUT2D eigenvalue weighted by molar-refractivity contribution is 0.435. The van der Waals surface area contributed by atoms with E-state index < -0.39 is 0 Å². The van der Waals surface area contributed by atoms with Gasteiger partial charge in [-0.1, -0.05) is 67.2 Å². The molecular weight excluding hydrogens is 256 g/mol. The van der Waals surface area contributed by atoms with E-state index in [2.05, 4.69) is 12.3 Å². The van der Waals surface area contributed by atoms with Crippen LogP contribution < -0.4 is 0 Å². The van der Waals surface area contributed by atoms with Crippen LogP contribution in [0.4, 0.5) is 0 Å². The van der Waals surface area contributed by atoms with E-state index in [1.165, 1.54) is 6.08 Å². The maximum atomic E-state index is 10.1. The Balaban J connectivity index is 2.48. The molecule has 2 aromatic rings. The first-order chi connectivity index (χ1) is 10.2. The average molecular weight is 274 g/mol. The van der Waals surface area contributed by atoms with Crippen molar-refractivity contribution in [1.29, 1.82) is 0 Å². The van der Waals surface area contributed by atoms with Crippen molar-refractivity contribution in [1.82, 2.24) is 0 Å². The Morgan fingerprint density at radius 2 is 1.57 bits per heavy atom. The van der Waals surface area contributed by atoms with Gasteiger partial charge in [-0.3, -0.25) is 0 Å². The summed E-state index contributed by atoms with van der Waals surface area (Å²) < 4.78 is 0. The molecule has 1 nitrogen and oxygen atoms in total. The highest BCUT2D eigenvalue weighted by Gasteiger charge is 2.08. The summed E-state index contributed by atoms with van der Waals surface area (Å²) in [5.74, 6) is 0.160. The highest BCUT2D eigenvalue weighted by atomic mass is 16.3. The van der Waals surface area contributed by atoms with Crippen LogP contribution in [0.15, 0.2) is 90.4 Å². The summed E-state index contributed by atoms with van der Waals surface area (Å²) in [5.41, 5.74) is 6.87. The molecule has 1 heteroatoms. The van der Waals surface area contributed by atoms with Gasteiger partial charge < -0.3 is 5.11 Å². The molecule has 0 fully saturated rings. The van der Waals surface area contributed by atoms with Crippen molar-refractivity contribution in [2.75, 3.05) is 0 Å². The van der Waals surface area contributed by atoms with E-state index in [-0.39, 0.29) is 5.76 Å². The number of hydrogen-bond acceptors (Lipinski definition) is 1. The van der Waals surface area contributed by atoms with Gasteiger partial charge in [-0.05, 0) is 30.2 Å². The first-order valence-corrected chi connectivity index (χ1v) is 6.82. The van der Waals surface area contributed by atoms with Crippen LogP contribution in [-0.2, 0) is 0 Å². The summed E-state index contributed by atoms with van der Waals surface area (Å²) in [5, 5.41) is 10.1. The number of benzene rings is 2. The molecule has 0 aromatic heterocycles. The lowest BCUT2D eigenvalue weighted by atomic mass is 9.98. The van der Waals surface area contributed by atoms with E-state index in [1.54, 1.807) is 0 Å². The van der Waals surface area contributed by atoms with E-state index in [0.717, 1.165) is 22.3 Å². The third-order valence-corrected chi connectivity index (χ3v) is 3.14. The summed E-state index contributed by atoms with van der Waals surface area (Å²) in [4.78, 5) is 0. The Kier molecular flexibility index (Phi) is 4.98. The Morgan fingerprint density at radius 3 is 2.14 bits per heavy atom. The summed E-state index contributed by atoms with van der Waals surface area (Å²) in [7, 11) is 0. The van der Waals surface area contributed by atoms with Gasteiger partial charge in [0.1, 0.15) is 5.76 Å². The molecule has 0 unspecified atom stereocenters. The maximum Gasteiger partial charge on any atom is 0.123 e. The molecule has 0 aliphatic heterocycles. The van der Waals surface area contributed by atoms with Crippen molar-refractivity contribution in [3.63, 3.8) is 0 Å². The van der Waals surface area contributed by atoms with Crippen LogP contribution in [0.3, 0.4) is 0 Å². The van der Waals surface area contributed by atoms with Gasteiger partial charge in [0, 0.05) is 11.1 Å². The van der Waals surface area contributed by atoms with Gasteiger partial charge in [-0.15, -0.1) is 5.73 Å². The molecule has 0 aliphatic carbocycles. The SMILES string of the molecule is C=C/C(O)=C(\C(C)=C=Cc1ccccc1)c1ccccc1. The van der Waals surface area contributed by atoms with E-state index in [0.29, 0.717) is 0 Å². The van der Waals surface area contributed by atoms with Gasteiger partial charge in [0.05, 0.1) is 0 Å². The van der Waals surface area contributed by atoms with Crippen molar-refractivity contribution in [3.05, 3.63) is 102 Å². The van der Waals surface area contributed by atoms with Crippen LogP contribution >= 0.6 is 0 Å². The molecule has 0 bridgehead atoms. The van der Waals surface area contributed by atoms with Crippen molar-refractivity contribution in [2.24, 2.45) is 0 Å². The zero-order valence-corrected chi connectivity index (χ0v) is 12.1. The number of hydrogen-bond donors (Lipinski definition) is 1. The smallest absolute Gasteiger partial charge is 0.123 e. The lowest BCUT2D eigenvalue weighted by Gasteiger charge is -2.08. The molecule has 21 heavy (non-hydrogen) atoms. The fourth-order valence-corrected chi connectivity index (χ4v) is 2.08. The van der Waals surface area contributed by atoms with E-state index in [1.807, 2.05) is 73.7 Å². The monoisotopic (exact) mass is 274 g/mol. The topological polar surface area (TPSA) is 20.2 Å². The van der Waals surface area contributed by atoms with Gasteiger partial charge in [0.15, 0.2) is 0 Å². The highest BCUT2D eigenvalue weighted by Crippen LogP contribution is 2.25. The third-order valence-electron chi connectivity index (χ3n) is 3.14. The summed E-state index contributed by atoms with van der Waals surface area (Å²) in [6, 6.07) is 19.7. The molecule has 2 rings (SSSR count). The molecule has 0 aliphatic rings. The molecule has 2 aromatic carbocycles. The fourth-order valence-electron chi connectivity index (χ4n) is 2.08. The molecule has 0 amide bonds. The van der Waals surface area contributed by atoms with Crippen LogP contribution in [-0.4, -0.2) is 5.11 Å². The standard InChI is InChI=1S/C20H18O/c1-3-19(21)20(18-12-8-5-9-13-18)16(2)14-15-17-10-6-4-7-11-17/h3-13,15,21H,1H2,2H3/b20-19-. The summed E-state index contributed by atoms with van der Waals surface area (Å²) in [6.45, 7) is 5.58. The van der Waals surface area contributed by atoms with Crippen molar-refractivity contribution < 1.29 is 5.11 Å². The molecule has 0 heterocycles. The van der Waals surface area contributed by atoms with Gasteiger partial charge in [-0.2, -0.15) is 0 Å². The van der Waals surface area contributed by atoms with E-state index in [9.17, 15) is 5.11 Å². The Hall–Kier alpha value is -2.76. The van der Waals surface area contributed by atoms with Crippen LogP contribution in [0.2, 0.25) is 0 Å². The predicted octanol–water partition coefficient (Wildman–Crippen LogP) is 5.40. The number of allylic oxidation sites excluding steroid dienone is 3. The Morgan fingerprint density at radius 1 is 1.00 bits per heavy atom.